The molecule has 0 radical (unpaired) electrons. The lowest BCUT2D eigenvalue weighted by molar-refractivity contribution is -0.116. The molecule has 1 amide bonds. The van der Waals surface area contributed by atoms with E-state index in [0.717, 1.165) is 34.9 Å². The molecule has 2 unspecified atom stereocenters. The molecule has 182 valence electrons. The molecular formula is C29H29N5OS. The van der Waals surface area contributed by atoms with Crippen LogP contribution in [0.25, 0.3) is 0 Å². The van der Waals surface area contributed by atoms with Crippen molar-refractivity contribution < 1.29 is 4.79 Å². The maximum absolute atomic E-state index is 13.1. The third kappa shape index (κ3) is 4.88. The van der Waals surface area contributed by atoms with E-state index in [1.807, 2.05) is 59.5 Å². The molecule has 0 bridgehead atoms. The highest BCUT2D eigenvalue weighted by atomic mass is 32.1. The van der Waals surface area contributed by atoms with Gasteiger partial charge in [0.25, 0.3) is 0 Å². The highest BCUT2D eigenvalue weighted by Crippen LogP contribution is 2.40. The zero-order valence-corrected chi connectivity index (χ0v) is 21.2. The Balaban J connectivity index is 1.49. The van der Waals surface area contributed by atoms with Crippen molar-refractivity contribution in [3.63, 3.8) is 0 Å². The van der Waals surface area contributed by atoms with Gasteiger partial charge in [-0.05, 0) is 67.5 Å². The van der Waals surface area contributed by atoms with E-state index < -0.39 is 0 Å². The topological polar surface area (TPSA) is 62.2 Å². The number of para-hydroxylation sites is 1. The zero-order valence-electron chi connectivity index (χ0n) is 20.4. The van der Waals surface area contributed by atoms with Crippen molar-refractivity contribution >= 4 is 28.9 Å². The summed E-state index contributed by atoms with van der Waals surface area (Å²) in [7, 11) is 0. The van der Waals surface area contributed by atoms with E-state index in [-0.39, 0.29) is 24.5 Å². The van der Waals surface area contributed by atoms with Gasteiger partial charge in [-0.25, -0.2) is 0 Å². The first-order chi connectivity index (χ1) is 17.5. The Morgan fingerprint density at radius 1 is 1.00 bits per heavy atom. The number of rotatable bonds is 7. The van der Waals surface area contributed by atoms with E-state index in [0.29, 0.717) is 5.11 Å². The minimum Gasteiger partial charge on any atom is -0.352 e. The molecule has 1 aliphatic heterocycles. The third-order valence-electron chi connectivity index (χ3n) is 6.68. The van der Waals surface area contributed by atoms with E-state index in [2.05, 4.69) is 64.4 Å². The Morgan fingerprint density at radius 3 is 2.39 bits per heavy atom. The molecular weight excluding hydrogens is 466 g/mol. The first kappa shape index (κ1) is 23.8. The molecule has 5 rings (SSSR count). The summed E-state index contributed by atoms with van der Waals surface area (Å²) in [6.45, 7) is 5.19. The number of anilines is 1. The van der Waals surface area contributed by atoms with Crippen LogP contribution in [0, 0.1) is 13.8 Å². The van der Waals surface area contributed by atoms with Crippen LogP contribution in [0.15, 0.2) is 91.1 Å². The fourth-order valence-electron chi connectivity index (χ4n) is 4.93. The van der Waals surface area contributed by atoms with Gasteiger partial charge in [0.15, 0.2) is 5.11 Å². The normalized spacial score (nSPS) is 17.2. The number of carbonyl (C=O) groups excluding carboxylic acids is 1. The average molecular weight is 496 g/mol. The molecule has 2 aromatic carbocycles. The van der Waals surface area contributed by atoms with E-state index in [9.17, 15) is 4.79 Å². The van der Waals surface area contributed by atoms with Crippen molar-refractivity contribution in [2.75, 3.05) is 11.9 Å². The molecule has 4 aromatic rings. The Morgan fingerprint density at radius 2 is 1.69 bits per heavy atom. The first-order valence-corrected chi connectivity index (χ1v) is 12.5. The third-order valence-corrected chi connectivity index (χ3v) is 7.04. The summed E-state index contributed by atoms with van der Waals surface area (Å²) in [6.07, 6.45) is 1.79. The molecule has 0 aliphatic carbocycles. The van der Waals surface area contributed by atoms with Crippen LogP contribution in [0.5, 0.6) is 0 Å². The second-order valence-electron chi connectivity index (χ2n) is 9.07. The van der Waals surface area contributed by atoms with Gasteiger partial charge in [-0.15, -0.1) is 0 Å². The lowest BCUT2D eigenvalue weighted by Gasteiger charge is -2.27. The van der Waals surface area contributed by atoms with Crippen LogP contribution in [0.2, 0.25) is 0 Å². The lowest BCUT2D eigenvalue weighted by atomic mass is 9.96. The van der Waals surface area contributed by atoms with Crippen LogP contribution >= 0.6 is 12.2 Å². The van der Waals surface area contributed by atoms with Crippen LogP contribution in [-0.2, 0) is 11.3 Å². The molecule has 1 fully saturated rings. The standard InChI is InChI=1S/C29H29N5OS/c1-20-17-24(21(2)33(20)18-22-11-5-3-6-12-22)28-27(25-15-9-10-16-30-25)32-29(36)34(28)19-26(35)31-23-13-7-4-8-14-23/h3-17,27-28H,18-19H2,1-2H3,(H,31,35)(H,32,36). The summed E-state index contributed by atoms with van der Waals surface area (Å²) in [6, 6.07) is 27.7. The summed E-state index contributed by atoms with van der Waals surface area (Å²) < 4.78 is 2.32. The number of benzene rings is 2. The van der Waals surface area contributed by atoms with E-state index in [1.54, 1.807) is 6.20 Å². The highest BCUT2D eigenvalue weighted by molar-refractivity contribution is 7.80. The second-order valence-corrected chi connectivity index (χ2v) is 9.45. The minimum atomic E-state index is -0.176. The predicted molar refractivity (Wildman–Crippen MR) is 147 cm³/mol. The summed E-state index contributed by atoms with van der Waals surface area (Å²) in [5, 5.41) is 6.99. The quantitative estimate of drug-likeness (QED) is 0.347. The SMILES string of the molecule is Cc1cc(C2C(c3ccccn3)NC(=S)N2CC(=O)Nc2ccccc2)c(C)n1Cc1ccccc1. The molecule has 2 atom stereocenters. The smallest absolute Gasteiger partial charge is 0.244 e. The van der Waals surface area contributed by atoms with Gasteiger partial charge in [0.2, 0.25) is 5.91 Å². The van der Waals surface area contributed by atoms with E-state index in [4.69, 9.17) is 12.2 Å². The average Bonchev–Trinajstić information content (AvgIpc) is 3.36. The summed E-state index contributed by atoms with van der Waals surface area (Å²) in [4.78, 5) is 19.7. The number of amides is 1. The fourth-order valence-corrected chi connectivity index (χ4v) is 5.23. The van der Waals surface area contributed by atoms with Crippen LogP contribution in [0.3, 0.4) is 0 Å². The van der Waals surface area contributed by atoms with Gasteiger partial charge in [0.05, 0.1) is 17.8 Å². The van der Waals surface area contributed by atoms with Gasteiger partial charge in [0.1, 0.15) is 6.54 Å². The molecule has 36 heavy (non-hydrogen) atoms. The second kappa shape index (κ2) is 10.3. The van der Waals surface area contributed by atoms with Gasteiger partial charge >= 0.3 is 0 Å². The largest absolute Gasteiger partial charge is 0.352 e. The van der Waals surface area contributed by atoms with Crippen molar-refractivity contribution in [3.05, 3.63) is 119 Å². The van der Waals surface area contributed by atoms with Crippen LogP contribution in [0.1, 0.15) is 40.3 Å². The highest BCUT2D eigenvalue weighted by Gasteiger charge is 2.42. The van der Waals surface area contributed by atoms with E-state index >= 15 is 0 Å². The van der Waals surface area contributed by atoms with Crippen molar-refractivity contribution in [1.29, 1.82) is 0 Å². The number of aryl methyl sites for hydroxylation is 1. The number of pyridine rings is 1. The molecule has 7 heteroatoms. The molecule has 1 saturated heterocycles. The number of nitrogens with zero attached hydrogens (tertiary/aromatic N) is 3. The predicted octanol–water partition coefficient (Wildman–Crippen LogP) is 5.16. The Labute approximate surface area is 217 Å². The fraction of sp³-hybridized carbons (Fsp3) is 0.207. The van der Waals surface area contributed by atoms with Gasteiger partial charge in [-0.3, -0.25) is 9.78 Å². The van der Waals surface area contributed by atoms with Crippen LogP contribution in [0.4, 0.5) is 5.69 Å². The van der Waals surface area contributed by atoms with Gasteiger partial charge in [-0.2, -0.15) is 0 Å². The molecule has 0 saturated carbocycles. The van der Waals surface area contributed by atoms with Crippen LogP contribution in [-0.4, -0.2) is 32.0 Å². The monoisotopic (exact) mass is 495 g/mol. The molecule has 1 aliphatic rings. The molecule has 2 aromatic heterocycles. The number of aromatic nitrogens is 2. The molecule has 3 heterocycles. The summed E-state index contributed by atoms with van der Waals surface area (Å²) in [5.41, 5.74) is 6.35. The Hall–Kier alpha value is -3.97. The van der Waals surface area contributed by atoms with Gasteiger partial charge in [-0.1, -0.05) is 54.6 Å². The maximum Gasteiger partial charge on any atom is 0.244 e. The lowest BCUT2D eigenvalue weighted by Crippen LogP contribution is -2.37. The van der Waals surface area contributed by atoms with Gasteiger partial charge in [0, 0.05) is 29.8 Å². The number of carbonyl (C=O) groups is 1. The van der Waals surface area contributed by atoms with Crippen molar-refractivity contribution in [1.82, 2.24) is 19.8 Å². The van der Waals surface area contributed by atoms with Gasteiger partial charge < -0.3 is 20.1 Å². The Bertz CT molecular complexity index is 1350. The number of thiocarbonyl (C=S) groups is 1. The van der Waals surface area contributed by atoms with Crippen molar-refractivity contribution in [2.45, 2.75) is 32.5 Å². The zero-order chi connectivity index (χ0) is 25.1. The Kier molecular flexibility index (Phi) is 6.82. The number of hydrogen-bond donors (Lipinski definition) is 2. The number of nitrogens with one attached hydrogen (secondary N) is 2. The first-order valence-electron chi connectivity index (χ1n) is 12.0. The molecule has 6 nitrogen and oxygen atoms in total. The molecule has 2 N–H and O–H groups in total. The van der Waals surface area contributed by atoms with Crippen molar-refractivity contribution in [2.24, 2.45) is 0 Å². The van der Waals surface area contributed by atoms with Crippen molar-refractivity contribution in [3.8, 4) is 0 Å². The number of hydrogen-bond acceptors (Lipinski definition) is 3. The molecule has 0 spiro atoms. The minimum absolute atomic E-state index is 0.116. The van der Waals surface area contributed by atoms with Crippen LogP contribution < -0.4 is 10.6 Å². The maximum atomic E-state index is 13.1. The summed E-state index contributed by atoms with van der Waals surface area (Å²) >= 11 is 5.77. The summed E-state index contributed by atoms with van der Waals surface area (Å²) in [5.74, 6) is -0.116. The van der Waals surface area contributed by atoms with E-state index in [1.165, 1.54) is 5.56 Å².